The number of benzene rings is 1. The van der Waals surface area contributed by atoms with Crippen molar-refractivity contribution in [2.24, 2.45) is 5.92 Å². The number of nitro groups is 1. The predicted octanol–water partition coefficient (Wildman–Crippen LogP) is 1.92. The highest BCUT2D eigenvalue weighted by Gasteiger charge is 2.28. The normalized spacial score (nSPS) is 19.0. The summed E-state index contributed by atoms with van der Waals surface area (Å²) in [7, 11) is -4.01. The molecule has 1 aliphatic heterocycles. The Morgan fingerprint density at radius 1 is 1.45 bits per heavy atom. The van der Waals surface area contributed by atoms with Crippen LogP contribution in [0, 0.1) is 16.0 Å². The van der Waals surface area contributed by atoms with Crippen molar-refractivity contribution in [2.45, 2.75) is 24.2 Å². The molecular formula is C13H18ClN3O4S. The second-order valence-electron chi connectivity index (χ2n) is 5.24. The maximum Gasteiger partial charge on any atom is 0.290 e. The second kappa shape index (κ2) is 7.36. The van der Waals surface area contributed by atoms with E-state index in [1.165, 1.54) is 12.1 Å². The molecule has 2 N–H and O–H groups in total. The van der Waals surface area contributed by atoms with Crippen LogP contribution in [0.4, 0.5) is 5.69 Å². The Balaban J connectivity index is 2.08. The summed E-state index contributed by atoms with van der Waals surface area (Å²) < 4.78 is 27.0. The maximum atomic E-state index is 12.3. The van der Waals surface area contributed by atoms with Crippen LogP contribution in [0.1, 0.15) is 19.3 Å². The minimum absolute atomic E-state index is 0.152. The van der Waals surface area contributed by atoms with Crippen molar-refractivity contribution >= 4 is 27.3 Å². The van der Waals surface area contributed by atoms with Gasteiger partial charge in [-0.15, -0.1) is 0 Å². The lowest BCUT2D eigenvalue weighted by Gasteiger charge is -2.22. The summed E-state index contributed by atoms with van der Waals surface area (Å²) in [5, 5.41) is 14.1. The van der Waals surface area contributed by atoms with E-state index in [0.29, 0.717) is 12.3 Å². The number of nitrogens with zero attached hydrogens (tertiary/aromatic N) is 1. The van der Waals surface area contributed by atoms with Gasteiger partial charge in [-0.3, -0.25) is 10.1 Å². The van der Waals surface area contributed by atoms with Crippen molar-refractivity contribution in [3.05, 3.63) is 33.3 Å². The van der Waals surface area contributed by atoms with Gasteiger partial charge in [0, 0.05) is 12.6 Å². The Hall–Kier alpha value is -1.22. The van der Waals surface area contributed by atoms with Crippen molar-refractivity contribution in [3.8, 4) is 0 Å². The lowest BCUT2D eigenvalue weighted by atomic mass is 9.96. The first kappa shape index (κ1) is 17.1. The summed E-state index contributed by atoms with van der Waals surface area (Å²) in [6, 6.07) is 3.81. The topological polar surface area (TPSA) is 101 Å². The van der Waals surface area contributed by atoms with Gasteiger partial charge in [-0.1, -0.05) is 17.7 Å². The van der Waals surface area contributed by atoms with Gasteiger partial charge in [0.05, 0.1) is 9.95 Å². The van der Waals surface area contributed by atoms with Gasteiger partial charge in [-0.05, 0) is 44.3 Å². The van der Waals surface area contributed by atoms with E-state index >= 15 is 0 Å². The Morgan fingerprint density at radius 3 is 2.86 bits per heavy atom. The van der Waals surface area contributed by atoms with E-state index in [4.69, 9.17) is 11.6 Å². The fourth-order valence-corrected chi connectivity index (χ4v) is 4.30. The van der Waals surface area contributed by atoms with Crippen LogP contribution in [0.5, 0.6) is 0 Å². The van der Waals surface area contributed by atoms with Gasteiger partial charge in [0.25, 0.3) is 5.69 Å². The average molecular weight is 348 g/mol. The van der Waals surface area contributed by atoms with Crippen LogP contribution in [0.15, 0.2) is 23.1 Å². The minimum atomic E-state index is -4.01. The molecule has 2 rings (SSSR count). The molecule has 0 saturated carbocycles. The third-order valence-corrected chi connectivity index (χ3v) is 5.63. The molecule has 1 aromatic rings. The van der Waals surface area contributed by atoms with Crippen LogP contribution < -0.4 is 10.0 Å². The van der Waals surface area contributed by atoms with E-state index in [1.807, 2.05) is 0 Å². The van der Waals surface area contributed by atoms with Crippen LogP contribution in [0.2, 0.25) is 5.02 Å². The fraction of sp³-hybridized carbons (Fsp3) is 0.538. The fourth-order valence-electron chi connectivity index (χ4n) is 2.55. The number of piperidine rings is 1. The van der Waals surface area contributed by atoms with E-state index < -0.39 is 25.5 Å². The van der Waals surface area contributed by atoms with Gasteiger partial charge in [0.2, 0.25) is 10.0 Å². The first-order valence-electron chi connectivity index (χ1n) is 7.05. The van der Waals surface area contributed by atoms with Crippen molar-refractivity contribution in [3.63, 3.8) is 0 Å². The highest BCUT2D eigenvalue weighted by Crippen LogP contribution is 2.30. The molecular weight excluding hydrogens is 330 g/mol. The molecule has 0 amide bonds. The minimum Gasteiger partial charge on any atom is -0.316 e. The number of rotatable bonds is 6. The molecule has 1 heterocycles. The smallest absolute Gasteiger partial charge is 0.290 e. The van der Waals surface area contributed by atoms with E-state index in [9.17, 15) is 18.5 Å². The van der Waals surface area contributed by atoms with E-state index in [2.05, 4.69) is 10.0 Å². The summed E-state index contributed by atoms with van der Waals surface area (Å²) in [5.74, 6) is 0.415. The highest BCUT2D eigenvalue weighted by atomic mass is 35.5. The molecule has 0 bridgehead atoms. The van der Waals surface area contributed by atoms with Crippen LogP contribution >= 0.6 is 11.6 Å². The molecule has 22 heavy (non-hydrogen) atoms. The van der Waals surface area contributed by atoms with E-state index in [1.54, 1.807) is 0 Å². The molecule has 1 unspecified atom stereocenters. The molecule has 0 spiro atoms. The number of hydrogen-bond acceptors (Lipinski definition) is 5. The number of nitrogens with one attached hydrogen (secondary N) is 2. The Labute approximate surface area is 134 Å². The average Bonchev–Trinajstić information content (AvgIpc) is 2.47. The largest absolute Gasteiger partial charge is 0.316 e. The van der Waals surface area contributed by atoms with Crippen LogP contribution in [0.3, 0.4) is 0 Å². The summed E-state index contributed by atoms with van der Waals surface area (Å²) >= 11 is 5.85. The molecule has 7 nitrogen and oxygen atoms in total. The first-order chi connectivity index (χ1) is 10.4. The number of sulfonamides is 1. The van der Waals surface area contributed by atoms with Gasteiger partial charge in [0.1, 0.15) is 0 Å². The molecule has 1 aromatic carbocycles. The zero-order chi connectivity index (χ0) is 16.2. The molecule has 9 heteroatoms. The Kier molecular flexibility index (Phi) is 5.74. The third-order valence-electron chi connectivity index (χ3n) is 3.66. The van der Waals surface area contributed by atoms with E-state index in [-0.39, 0.29) is 11.6 Å². The van der Waals surface area contributed by atoms with Crippen molar-refractivity contribution in [2.75, 3.05) is 19.6 Å². The summed E-state index contributed by atoms with van der Waals surface area (Å²) in [6.07, 6.45) is 2.82. The molecule has 0 radical (unpaired) electrons. The van der Waals surface area contributed by atoms with Gasteiger partial charge in [-0.25, -0.2) is 13.1 Å². The lowest BCUT2D eigenvalue weighted by molar-refractivity contribution is -0.387. The quantitative estimate of drug-likeness (QED) is 0.604. The Morgan fingerprint density at radius 2 is 2.23 bits per heavy atom. The monoisotopic (exact) mass is 347 g/mol. The third kappa shape index (κ3) is 4.16. The lowest BCUT2D eigenvalue weighted by Crippen LogP contribution is -2.33. The molecule has 0 aliphatic carbocycles. The summed E-state index contributed by atoms with van der Waals surface area (Å²) in [5.41, 5.74) is -0.515. The molecule has 1 aliphatic rings. The first-order valence-corrected chi connectivity index (χ1v) is 8.91. The van der Waals surface area contributed by atoms with Gasteiger partial charge in [-0.2, -0.15) is 0 Å². The number of hydrogen-bond donors (Lipinski definition) is 2. The molecule has 1 atom stereocenters. The van der Waals surface area contributed by atoms with Crippen LogP contribution in [-0.2, 0) is 10.0 Å². The molecule has 0 aromatic heterocycles. The van der Waals surface area contributed by atoms with E-state index in [0.717, 1.165) is 32.0 Å². The maximum absolute atomic E-state index is 12.3. The Bertz CT molecular complexity index is 645. The molecule has 1 fully saturated rings. The van der Waals surface area contributed by atoms with Crippen LogP contribution in [0.25, 0.3) is 0 Å². The van der Waals surface area contributed by atoms with Gasteiger partial charge in [0.15, 0.2) is 4.90 Å². The van der Waals surface area contributed by atoms with Crippen molar-refractivity contribution < 1.29 is 13.3 Å². The van der Waals surface area contributed by atoms with Crippen molar-refractivity contribution in [1.82, 2.24) is 10.0 Å². The second-order valence-corrected chi connectivity index (χ2v) is 7.36. The summed E-state index contributed by atoms with van der Waals surface area (Å²) in [4.78, 5) is 9.77. The van der Waals surface area contributed by atoms with Gasteiger partial charge >= 0.3 is 0 Å². The SMILES string of the molecule is O=[N+]([O-])c1cccc(Cl)c1S(=O)(=O)NCCC1CCCNC1. The molecule has 1 saturated heterocycles. The molecule has 122 valence electrons. The zero-order valence-corrected chi connectivity index (χ0v) is 13.5. The summed E-state index contributed by atoms with van der Waals surface area (Å²) in [6.45, 7) is 2.10. The van der Waals surface area contributed by atoms with Crippen LogP contribution in [-0.4, -0.2) is 33.0 Å². The zero-order valence-electron chi connectivity index (χ0n) is 11.9. The van der Waals surface area contributed by atoms with Crippen molar-refractivity contribution in [1.29, 1.82) is 0 Å². The standard InChI is InChI=1S/C13H18ClN3O4S/c14-11-4-1-5-12(17(18)19)13(11)22(20,21)16-8-6-10-3-2-7-15-9-10/h1,4-5,10,15-16H,2-3,6-9H2. The van der Waals surface area contributed by atoms with Gasteiger partial charge < -0.3 is 5.32 Å². The highest BCUT2D eigenvalue weighted by molar-refractivity contribution is 7.89. The number of halogens is 1. The number of nitro benzene ring substituents is 1. The predicted molar refractivity (Wildman–Crippen MR) is 83.5 cm³/mol.